The van der Waals surface area contributed by atoms with Crippen molar-refractivity contribution in [3.8, 4) is 11.5 Å². The van der Waals surface area contributed by atoms with Gasteiger partial charge < -0.3 is 19.7 Å². The van der Waals surface area contributed by atoms with E-state index in [1.54, 1.807) is 7.11 Å². The van der Waals surface area contributed by atoms with E-state index in [2.05, 4.69) is 5.32 Å². The highest BCUT2D eigenvalue weighted by Gasteiger charge is 2.49. The molecule has 2 amide bonds. The largest absolute Gasteiger partial charge is 0.497 e. The predicted octanol–water partition coefficient (Wildman–Crippen LogP) is 2.23. The molecule has 2 aliphatic rings. The van der Waals surface area contributed by atoms with Gasteiger partial charge in [-0.1, -0.05) is 12.8 Å². The molecule has 1 aromatic carbocycles. The molecule has 3 rings (SSSR count). The Morgan fingerprint density at radius 3 is 2.35 bits per heavy atom. The van der Waals surface area contributed by atoms with Crippen molar-refractivity contribution in [3.05, 3.63) is 24.3 Å². The van der Waals surface area contributed by atoms with E-state index in [9.17, 15) is 9.59 Å². The molecule has 1 heterocycles. The second-order valence-electron chi connectivity index (χ2n) is 7.00. The third-order valence-electron chi connectivity index (χ3n) is 5.09. The third kappa shape index (κ3) is 4.90. The molecule has 26 heavy (non-hydrogen) atoms. The Kier molecular flexibility index (Phi) is 6.36. The summed E-state index contributed by atoms with van der Waals surface area (Å²) in [6.07, 6.45) is 5.25. The van der Waals surface area contributed by atoms with Crippen LogP contribution in [0.2, 0.25) is 0 Å². The zero-order chi connectivity index (χ0) is 18.4. The summed E-state index contributed by atoms with van der Waals surface area (Å²) in [6.45, 7) is 2.53. The average molecular weight is 360 g/mol. The zero-order valence-electron chi connectivity index (χ0n) is 15.4. The van der Waals surface area contributed by atoms with Gasteiger partial charge in [-0.2, -0.15) is 0 Å². The lowest BCUT2D eigenvalue weighted by atomic mass is 10.2. The van der Waals surface area contributed by atoms with Crippen LogP contribution in [0.15, 0.2) is 24.3 Å². The molecule has 0 aromatic heterocycles. The maximum Gasteiger partial charge on any atom is 0.226 e. The number of hydrogen-bond donors (Lipinski definition) is 1. The molecule has 2 unspecified atom stereocenters. The first kappa shape index (κ1) is 18.5. The van der Waals surface area contributed by atoms with Crippen LogP contribution in [0.4, 0.5) is 0 Å². The van der Waals surface area contributed by atoms with Crippen molar-refractivity contribution in [2.45, 2.75) is 32.1 Å². The van der Waals surface area contributed by atoms with Crippen LogP contribution in [-0.4, -0.2) is 50.1 Å². The van der Waals surface area contributed by atoms with Gasteiger partial charge in [0.05, 0.1) is 25.5 Å². The Morgan fingerprint density at radius 2 is 1.69 bits per heavy atom. The average Bonchev–Trinajstić information content (AvgIpc) is 3.49. The summed E-state index contributed by atoms with van der Waals surface area (Å²) >= 11 is 0. The van der Waals surface area contributed by atoms with Gasteiger partial charge in [0, 0.05) is 13.1 Å². The molecule has 6 nitrogen and oxygen atoms in total. The first-order chi connectivity index (χ1) is 12.7. The van der Waals surface area contributed by atoms with Crippen LogP contribution in [0.1, 0.15) is 32.1 Å². The number of carbonyl (C=O) groups excluding carboxylic acids is 2. The highest BCUT2D eigenvalue weighted by molar-refractivity contribution is 5.92. The SMILES string of the molecule is COc1ccc(OCCNC(=O)C2CC2C(=O)N2CCCCCC2)cc1. The van der Waals surface area contributed by atoms with Crippen molar-refractivity contribution in [2.24, 2.45) is 11.8 Å². The number of nitrogens with one attached hydrogen (secondary N) is 1. The van der Waals surface area contributed by atoms with E-state index in [-0.39, 0.29) is 23.7 Å². The summed E-state index contributed by atoms with van der Waals surface area (Å²) in [7, 11) is 1.62. The van der Waals surface area contributed by atoms with E-state index in [0.29, 0.717) is 19.6 Å². The minimum atomic E-state index is -0.160. The van der Waals surface area contributed by atoms with E-state index in [1.165, 1.54) is 12.8 Å². The van der Waals surface area contributed by atoms with E-state index in [1.807, 2.05) is 29.2 Å². The van der Waals surface area contributed by atoms with Gasteiger partial charge in [0.1, 0.15) is 18.1 Å². The second-order valence-corrected chi connectivity index (χ2v) is 7.00. The van der Waals surface area contributed by atoms with Gasteiger partial charge in [-0.15, -0.1) is 0 Å². The Morgan fingerprint density at radius 1 is 1.04 bits per heavy atom. The minimum Gasteiger partial charge on any atom is -0.497 e. The lowest BCUT2D eigenvalue weighted by Crippen LogP contribution is -2.35. The molecule has 1 aliphatic heterocycles. The van der Waals surface area contributed by atoms with Gasteiger partial charge in [-0.25, -0.2) is 0 Å². The van der Waals surface area contributed by atoms with Crippen molar-refractivity contribution in [1.29, 1.82) is 0 Å². The molecule has 2 fully saturated rings. The Labute approximate surface area is 154 Å². The summed E-state index contributed by atoms with van der Waals surface area (Å²) in [5, 5.41) is 2.88. The topological polar surface area (TPSA) is 67.9 Å². The highest BCUT2D eigenvalue weighted by Crippen LogP contribution is 2.40. The van der Waals surface area contributed by atoms with Crippen molar-refractivity contribution < 1.29 is 19.1 Å². The molecular formula is C20H28N2O4. The lowest BCUT2D eigenvalue weighted by Gasteiger charge is -2.20. The smallest absolute Gasteiger partial charge is 0.226 e. The van der Waals surface area contributed by atoms with E-state index >= 15 is 0 Å². The number of ether oxygens (including phenoxy) is 2. The summed E-state index contributed by atoms with van der Waals surface area (Å²) in [5.41, 5.74) is 0. The molecule has 1 aliphatic carbocycles. The fraction of sp³-hybridized carbons (Fsp3) is 0.600. The van der Waals surface area contributed by atoms with Crippen LogP contribution in [0, 0.1) is 11.8 Å². The predicted molar refractivity (Wildman–Crippen MR) is 98.1 cm³/mol. The molecule has 0 radical (unpaired) electrons. The number of hydrogen-bond acceptors (Lipinski definition) is 4. The summed E-state index contributed by atoms with van der Waals surface area (Å²) in [6, 6.07) is 7.32. The molecule has 2 atom stereocenters. The van der Waals surface area contributed by atoms with Crippen LogP contribution in [0.3, 0.4) is 0 Å². The molecule has 1 saturated heterocycles. The quantitative estimate of drug-likeness (QED) is 0.757. The summed E-state index contributed by atoms with van der Waals surface area (Å²) in [4.78, 5) is 26.7. The molecule has 1 aromatic rings. The summed E-state index contributed by atoms with van der Waals surface area (Å²) in [5.74, 6) is 1.38. The van der Waals surface area contributed by atoms with E-state index < -0.39 is 0 Å². The van der Waals surface area contributed by atoms with Crippen molar-refractivity contribution in [2.75, 3.05) is 33.4 Å². The van der Waals surface area contributed by atoms with Gasteiger partial charge in [-0.3, -0.25) is 9.59 Å². The molecule has 1 saturated carbocycles. The van der Waals surface area contributed by atoms with Gasteiger partial charge in [0.2, 0.25) is 11.8 Å². The fourth-order valence-electron chi connectivity index (χ4n) is 3.43. The van der Waals surface area contributed by atoms with Crippen molar-refractivity contribution >= 4 is 11.8 Å². The number of methoxy groups -OCH3 is 1. The monoisotopic (exact) mass is 360 g/mol. The van der Waals surface area contributed by atoms with Gasteiger partial charge in [-0.05, 0) is 43.5 Å². The Bertz CT molecular complexity index is 609. The standard InChI is InChI=1S/C20H28N2O4/c1-25-15-6-8-16(9-7-15)26-13-10-21-19(23)17-14-18(17)20(24)22-11-4-2-3-5-12-22/h6-9,17-18H,2-5,10-14H2,1H3,(H,21,23). The highest BCUT2D eigenvalue weighted by atomic mass is 16.5. The summed E-state index contributed by atoms with van der Waals surface area (Å²) < 4.78 is 10.7. The van der Waals surface area contributed by atoms with E-state index in [0.717, 1.165) is 37.4 Å². The lowest BCUT2D eigenvalue weighted by molar-refractivity contribution is -0.134. The number of amides is 2. The van der Waals surface area contributed by atoms with Gasteiger partial charge in [0.15, 0.2) is 0 Å². The molecular weight excluding hydrogens is 332 g/mol. The molecule has 142 valence electrons. The van der Waals surface area contributed by atoms with Crippen LogP contribution in [0.25, 0.3) is 0 Å². The Hall–Kier alpha value is -2.24. The first-order valence-corrected chi connectivity index (χ1v) is 9.52. The van der Waals surface area contributed by atoms with Crippen molar-refractivity contribution in [3.63, 3.8) is 0 Å². The van der Waals surface area contributed by atoms with Crippen LogP contribution in [0.5, 0.6) is 11.5 Å². The maximum absolute atomic E-state index is 12.5. The minimum absolute atomic E-state index is 0.0310. The number of likely N-dealkylation sites (tertiary alicyclic amines) is 1. The third-order valence-corrected chi connectivity index (χ3v) is 5.09. The maximum atomic E-state index is 12.5. The number of carbonyl (C=O) groups is 2. The van der Waals surface area contributed by atoms with Crippen molar-refractivity contribution in [1.82, 2.24) is 10.2 Å². The van der Waals surface area contributed by atoms with Gasteiger partial charge >= 0.3 is 0 Å². The van der Waals surface area contributed by atoms with Crippen LogP contribution in [-0.2, 0) is 9.59 Å². The number of benzene rings is 1. The molecule has 6 heteroatoms. The van der Waals surface area contributed by atoms with E-state index in [4.69, 9.17) is 9.47 Å². The molecule has 1 N–H and O–H groups in total. The molecule has 0 spiro atoms. The normalized spacial score (nSPS) is 22.3. The number of nitrogens with zero attached hydrogens (tertiary/aromatic N) is 1. The Balaban J connectivity index is 1.34. The van der Waals surface area contributed by atoms with Crippen LogP contribution >= 0.6 is 0 Å². The molecule has 0 bridgehead atoms. The number of rotatable bonds is 7. The first-order valence-electron chi connectivity index (χ1n) is 9.52. The zero-order valence-corrected chi connectivity index (χ0v) is 15.4. The second kappa shape index (κ2) is 8.92. The van der Waals surface area contributed by atoms with Gasteiger partial charge in [0.25, 0.3) is 0 Å². The fourth-order valence-corrected chi connectivity index (χ4v) is 3.43. The van der Waals surface area contributed by atoms with Crippen LogP contribution < -0.4 is 14.8 Å².